The van der Waals surface area contributed by atoms with Gasteiger partial charge in [-0.15, -0.1) is 0 Å². The van der Waals surface area contributed by atoms with Gasteiger partial charge < -0.3 is 16.0 Å². The number of piperidine rings is 1. The highest BCUT2D eigenvalue weighted by Crippen LogP contribution is 2.30. The molecule has 2 fully saturated rings. The molecule has 1 aliphatic heterocycles. The number of amides is 2. The third-order valence-corrected chi connectivity index (χ3v) is 5.90. The van der Waals surface area contributed by atoms with E-state index in [-0.39, 0.29) is 23.4 Å². The quantitative estimate of drug-likeness (QED) is 0.776. The van der Waals surface area contributed by atoms with Crippen LogP contribution in [0.15, 0.2) is 16.6 Å². The highest BCUT2D eigenvalue weighted by molar-refractivity contribution is 9.10. The van der Waals surface area contributed by atoms with Crippen LogP contribution in [0.1, 0.15) is 55.3 Å². The lowest BCUT2D eigenvalue weighted by molar-refractivity contribution is -0.126. The maximum atomic E-state index is 14.2. The van der Waals surface area contributed by atoms with Crippen molar-refractivity contribution in [2.45, 2.75) is 51.0 Å². The predicted molar refractivity (Wildman–Crippen MR) is 103 cm³/mol. The third kappa shape index (κ3) is 4.37. The number of hydrogen-bond acceptors (Lipinski definition) is 3. The summed E-state index contributed by atoms with van der Waals surface area (Å²) in [7, 11) is 0. The van der Waals surface area contributed by atoms with Gasteiger partial charge in [0.05, 0.1) is 11.3 Å². The van der Waals surface area contributed by atoms with Crippen LogP contribution in [0, 0.1) is 11.7 Å². The molecule has 1 aromatic carbocycles. The van der Waals surface area contributed by atoms with Crippen LogP contribution in [0.3, 0.4) is 0 Å². The van der Waals surface area contributed by atoms with Crippen LogP contribution in [0.2, 0.25) is 0 Å². The molecular formula is C19H25BrFN3O2. The van der Waals surface area contributed by atoms with E-state index in [1.807, 2.05) is 4.90 Å². The van der Waals surface area contributed by atoms with Crippen LogP contribution in [0.25, 0.3) is 0 Å². The zero-order valence-electron chi connectivity index (χ0n) is 14.8. The molecule has 0 radical (unpaired) electrons. The van der Waals surface area contributed by atoms with E-state index >= 15 is 0 Å². The molecule has 0 atom stereocenters. The lowest BCUT2D eigenvalue weighted by Crippen LogP contribution is -2.47. The Morgan fingerprint density at radius 2 is 1.77 bits per heavy atom. The Labute approximate surface area is 161 Å². The van der Waals surface area contributed by atoms with E-state index < -0.39 is 11.7 Å². The highest BCUT2D eigenvalue weighted by atomic mass is 79.9. The number of carbonyl (C=O) groups excluding carboxylic acids is 2. The molecule has 1 aromatic rings. The van der Waals surface area contributed by atoms with Crippen LogP contribution >= 0.6 is 15.9 Å². The number of anilines is 1. The Morgan fingerprint density at radius 1 is 1.12 bits per heavy atom. The molecule has 2 amide bonds. The largest absolute Gasteiger partial charge is 0.371 e. The van der Waals surface area contributed by atoms with Crippen molar-refractivity contribution in [1.82, 2.24) is 5.32 Å². The summed E-state index contributed by atoms with van der Waals surface area (Å²) in [6.07, 6.45) is 7.03. The highest BCUT2D eigenvalue weighted by Gasteiger charge is 2.28. The number of benzene rings is 1. The topological polar surface area (TPSA) is 75.4 Å². The fraction of sp³-hybridized carbons (Fsp3) is 0.579. The van der Waals surface area contributed by atoms with Crippen LogP contribution in [0.4, 0.5) is 10.1 Å². The summed E-state index contributed by atoms with van der Waals surface area (Å²) in [4.78, 5) is 26.0. The number of nitrogens with zero attached hydrogens (tertiary/aromatic N) is 1. The van der Waals surface area contributed by atoms with E-state index in [1.54, 1.807) is 6.07 Å². The lowest BCUT2D eigenvalue weighted by atomic mass is 9.88. The number of primary amides is 1. The molecule has 1 saturated carbocycles. The molecule has 7 heteroatoms. The second-order valence-electron chi connectivity index (χ2n) is 7.25. The SMILES string of the molecule is NC(=O)c1c(F)cc(Br)cc1N1CCC(NC(=O)C2CCCCC2)CC1. The first-order valence-corrected chi connectivity index (χ1v) is 10.1. The standard InChI is InChI=1S/C19H25BrFN3O2/c20-13-10-15(21)17(18(22)25)16(11-13)24-8-6-14(7-9-24)23-19(26)12-4-2-1-3-5-12/h10-12,14H,1-9H2,(H2,22,25)(H,23,26). The fourth-order valence-corrected chi connectivity index (χ4v) is 4.42. The Hall–Kier alpha value is -1.63. The Bertz CT molecular complexity index is 684. The minimum atomic E-state index is -0.766. The molecule has 2 aliphatic rings. The first-order chi connectivity index (χ1) is 12.5. The zero-order chi connectivity index (χ0) is 18.7. The second-order valence-corrected chi connectivity index (χ2v) is 8.17. The number of rotatable bonds is 4. The number of hydrogen-bond donors (Lipinski definition) is 2. The molecule has 0 bridgehead atoms. The van der Waals surface area contributed by atoms with E-state index in [4.69, 9.17) is 5.73 Å². The predicted octanol–water partition coefficient (Wildman–Crippen LogP) is 3.35. The molecule has 1 heterocycles. The molecule has 1 saturated heterocycles. The molecule has 0 aromatic heterocycles. The van der Waals surface area contributed by atoms with E-state index in [2.05, 4.69) is 21.2 Å². The van der Waals surface area contributed by atoms with Gasteiger partial charge in [0.2, 0.25) is 5.91 Å². The van der Waals surface area contributed by atoms with Crippen LogP contribution in [0.5, 0.6) is 0 Å². The van der Waals surface area contributed by atoms with Crippen molar-refractivity contribution in [2.24, 2.45) is 11.7 Å². The Kier molecular flexibility index (Phi) is 6.16. The van der Waals surface area contributed by atoms with Crippen molar-refractivity contribution in [3.05, 3.63) is 28.0 Å². The number of halogens is 2. The summed E-state index contributed by atoms with van der Waals surface area (Å²) in [5.74, 6) is -1.05. The summed E-state index contributed by atoms with van der Waals surface area (Å²) in [5, 5.41) is 3.18. The second kappa shape index (κ2) is 8.37. The summed E-state index contributed by atoms with van der Waals surface area (Å²) in [6, 6.07) is 3.11. The van der Waals surface area contributed by atoms with Gasteiger partial charge in [0.1, 0.15) is 5.82 Å². The van der Waals surface area contributed by atoms with Crippen molar-refractivity contribution in [3.63, 3.8) is 0 Å². The average molecular weight is 426 g/mol. The van der Waals surface area contributed by atoms with E-state index in [0.717, 1.165) is 38.5 Å². The third-order valence-electron chi connectivity index (χ3n) is 5.44. The van der Waals surface area contributed by atoms with E-state index in [0.29, 0.717) is 23.2 Å². The number of nitrogens with two attached hydrogens (primary N) is 1. The average Bonchev–Trinajstić information content (AvgIpc) is 2.62. The number of nitrogens with one attached hydrogen (secondary N) is 1. The normalized spacial score (nSPS) is 19.4. The van der Waals surface area contributed by atoms with Gasteiger partial charge in [-0.25, -0.2) is 4.39 Å². The molecule has 1 aliphatic carbocycles. The minimum Gasteiger partial charge on any atom is -0.371 e. The summed E-state index contributed by atoms with van der Waals surface area (Å²) < 4.78 is 14.7. The van der Waals surface area contributed by atoms with Gasteiger partial charge in [-0.1, -0.05) is 35.2 Å². The molecule has 3 rings (SSSR count). The molecule has 142 valence electrons. The lowest BCUT2D eigenvalue weighted by Gasteiger charge is -2.35. The molecule has 3 N–H and O–H groups in total. The van der Waals surface area contributed by atoms with Crippen molar-refractivity contribution in [3.8, 4) is 0 Å². The van der Waals surface area contributed by atoms with Gasteiger partial charge >= 0.3 is 0 Å². The van der Waals surface area contributed by atoms with Gasteiger partial charge in [0.25, 0.3) is 5.91 Å². The van der Waals surface area contributed by atoms with Gasteiger partial charge in [-0.3, -0.25) is 9.59 Å². The zero-order valence-corrected chi connectivity index (χ0v) is 16.4. The van der Waals surface area contributed by atoms with E-state index in [1.165, 1.54) is 12.5 Å². The van der Waals surface area contributed by atoms with Crippen molar-refractivity contribution < 1.29 is 14.0 Å². The fourth-order valence-electron chi connectivity index (χ4n) is 4.00. The Balaban J connectivity index is 1.62. The van der Waals surface area contributed by atoms with Crippen molar-refractivity contribution in [1.29, 1.82) is 0 Å². The summed E-state index contributed by atoms with van der Waals surface area (Å²) in [5.41, 5.74) is 5.81. The monoisotopic (exact) mass is 425 g/mol. The first-order valence-electron chi connectivity index (χ1n) is 9.30. The molecule has 5 nitrogen and oxygen atoms in total. The molecule has 0 unspecified atom stereocenters. The van der Waals surface area contributed by atoms with Gasteiger partial charge in [-0.2, -0.15) is 0 Å². The van der Waals surface area contributed by atoms with Crippen LogP contribution in [-0.2, 0) is 4.79 Å². The van der Waals surface area contributed by atoms with Crippen LogP contribution in [-0.4, -0.2) is 30.9 Å². The molecular weight excluding hydrogens is 401 g/mol. The van der Waals surface area contributed by atoms with Crippen LogP contribution < -0.4 is 16.0 Å². The minimum absolute atomic E-state index is 0.0714. The number of carbonyl (C=O) groups is 2. The maximum absolute atomic E-state index is 14.2. The Morgan fingerprint density at radius 3 is 2.38 bits per heavy atom. The summed E-state index contributed by atoms with van der Waals surface area (Å²) >= 11 is 3.28. The van der Waals surface area contributed by atoms with Crippen molar-refractivity contribution >= 4 is 33.4 Å². The maximum Gasteiger partial charge on any atom is 0.253 e. The molecule has 26 heavy (non-hydrogen) atoms. The summed E-state index contributed by atoms with van der Waals surface area (Å²) in [6.45, 7) is 1.29. The van der Waals surface area contributed by atoms with Gasteiger partial charge in [-0.05, 0) is 37.8 Å². The molecule has 0 spiro atoms. The van der Waals surface area contributed by atoms with Gasteiger partial charge in [0, 0.05) is 29.5 Å². The first kappa shape index (κ1) is 19.1. The van der Waals surface area contributed by atoms with E-state index in [9.17, 15) is 14.0 Å². The van der Waals surface area contributed by atoms with Gasteiger partial charge in [0.15, 0.2) is 0 Å². The smallest absolute Gasteiger partial charge is 0.253 e. The van der Waals surface area contributed by atoms with Crippen molar-refractivity contribution in [2.75, 3.05) is 18.0 Å².